The highest BCUT2D eigenvalue weighted by molar-refractivity contribution is 6.34. The fourth-order valence-corrected chi connectivity index (χ4v) is 2.75. The van der Waals surface area contributed by atoms with Gasteiger partial charge in [-0.15, -0.1) is 0 Å². The van der Waals surface area contributed by atoms with E-state index >= 15 is 0 Å². The second kappa shape index (κ2) is 6.33. The minimum atomic E-state index is -1.19. The molecule has 6 nitrogen and oxygen atoms in total. The van der Waals surface area contributed by atoms with Gasteiger partial charge in [0.2, 0.25) is 0 Å². The Morgan fingerprint density at radius 2 is 2.00 bits per heavy atom. The van der Waals surface area contributed by atoms with Crippen LogP contribution in [0.15, 0.2) is 42.5 Å². The van der Waals surface area contributed by atoms with Crippen LogP contribution in [0.1, 0.15) is 16.1 Å². The molecule has 0 bridgehead atoms. The predicted octanol–water partition coefficient (Wildman–Crippen LogP) is 1.77. The summed E-state index contributed by atoms with van der Waals surface area (Å²) in [7, 11) is 1.76. The van der Waals surface area contributed by atoms with E-state index in [9.17, 15) is 14.7 Å². The Hall–Kier alpha value is -2.86. The smallest absolute Gasteiger partial charge is 0.276 e. The minimum absolute atomic E-state index is 0.237. The van der Waals surface area contributed by atoms with Crippen molar-refractivity contribution in [2.45, 2.75) is 6.42 Å². The first-order valence-corrected chi connectivity index (χ1v) is 7.55. The van der Waals surface area contributed by atoms with Gasteiger partial charge in [0, 0.05) is 24.8 Å². The number of carboxylic acids is 1. The van der Waals surface area contributed by atoms with Crippen LogP contribution in [0, 0.1) is 0 Å². The Labute approximate surface area is 142 Å². The molecule has 0 spiro atoms. The molecule has 3 rings (SSSR count). The molecule has 0 aliphatic carbocycles. The van der Waals surface area contributed by atoms with Crippen molar-refractivity contribution in [3.05, 3.63) is 58.7 Å². The van der Waals surface area contributed by atoms with Crippen molar-refractivity contribution in [2.75, 3.05) is 5.32 Å². The molecule has 7 heteroatoms. The number of hydrogen-bond donors (Lipinski definition) is 1. The van der Waals surface area contributed by atoms with Gasteiger partial charge in [-0.05, 0) is 23.8 Å². The van der Waals surface area contributed by atoms with Crippen LogP contribution in [0.2, 0.25) is 5.02 Å². The Kier molecular flexibility index (Phi) is 4.22. The molecule has 0 saturated heterocycles. The van der Waals surface area contributed by atoms with E-state index < -0.39 is 5.97 Å². The highest BCUT2D eigenvalue weighted by Gasteiger charge is 2.16. The molecule has 1 amide bonds. The highest BCUT2D eigenvalue weighted by Crippen LogP contribution is 2.25. The Balaban J connectivity index is 1.88. The number of nitrogens with zero attached hydrogens (tertiary/aromatic N) is 2. The van der Waals surface area contributed by atoms with Crippen LogP contribution in [0.5, 0.6) is 0 Å². The van der Waals surface area contributed by atoms with Gasteiger partial charge in [0.1, 0.15) is 0 Å². The average Bonchev–Trinajstić information content (AvgIpc) is 2.87. The van der Waals surface area contributed by atoms with Gasteiger partial charge in [0.25, 0.3) is 5.91 Å². The van der Waals surface area contributed by atoms with Gasteiger partial charge >= 0.3 is 0 Å². The molecule has 1 N–H and O–H groups in total. The van der Waals surface area contributed by atoms with Gasteiger partial charge in [-0.25, -0.2) is 0 Å². The minimum Gasteiger partial charge on any atom is -0.550 e. The number of para-hydroxylation sites is 1. The third-order valence-corrected chi connectivity index (χ3v) is 3.92. The SMILES string of the molecule is Cn1nc(C(=O)Nc2ccc(CC(=O)[O-])cc2Cl)c2ccccc21. The molecule has 122 valence electrons. The van der Waals surface area contributed by atoms with Crippen LogP contribution < -0.4 is 10.4 Å². The van der Waals surface area contributed by atoms with E-state index in [0.717, 1.165) is 10.9 Å². The molecule has 0 aliphatic heterocycles. The molecule has 1 heterocycles. The first kappa shape index (κ1) is 16.0. The van der Waals surface area contributed by atoms with E-state index in [-0.39, 0.29) is 17.4 Å². The molecule has 0 saturated carbocycles. The number of hydrogen-bond acceptors (Lipinski definition) is 4. The standard InChI is InChI=1S/C17H14ClN3O3/c1-21-14-5-3-2-4-11(14)16(20-21)17(24)19-13-7-6-10(8-12(13)18)9-15(22)23/h2-8H,9H2,1H3,(H,19,24)(H,22,23)/p-1. The summed E-state index contributed by atoms with van der Waals surface area (Å²) in [5.74, 6) is -1.58. The van der Waals surface area contributed by atoms with Gasteiger partial charge in [0.05, 0.1) is 16.2 Å². The molecular formula is C17H13ClN3O3-. The summed E-state index contributed by atoms with van der Waals surface area (Å²) in [6.07, 6.45) is -0.237. The summed E-state index contributed by atoms with van der Waals surface area (Å²) < 4.78 is 1.63. The largest absolute Gasteiger partial charge is 0.550 e. The van der Waals surface area contributed by atoms with Gasteiger partial charge < -0.3 is 15.2 Å². The Bertz CT molecular complexity index is 949. The van der Waals surface area contributed by atoms with Crippen molar-refractivity contribution in [3.63, 3.8) is 0 Å². The molecule has 0 unspecified atom stereocenters. The maximum atomic E-state index is 12.5. The molecule has 0 radical (unpaired) electrons. The number of anilines is 1. The molecule has 0 fully saturated rings. The van der Waals surface area contributed by atoms with Crippen LogP contribution in [0.4, 0.5) is 5.69 Å². The first-order valence-electron chi connectivity index (χ1n) is 7.17. The van der Waals surface area contributed by atoms with E-state index in [0.29, 0.717) is 16.9 Å². The zero-order valence-corrected chi connectivity index (χ0v) is 13.5. The van der Waals surface area contributed by atoms with E-state index in [1.54, 1.807) is 23.9 Å². The van der Waals surface area contributed by atoms with E-state index in [1.807, 2.05) is 24.3 Å². The molecule has 2 aromatic carbocycles. The van der Waals surface area contributed by atoms with Gasteiger partial charge in [-0.2, -0.15) is 5.10 Å². The third kappa shape index (κ3) is 3.09. The molecule has 3 aromatic rings. The number of carbonyl (C=O) groups excluding carboxylic acids is 2. The van der Waals surface area contributed by atoms with Crippen LogP contribution in [-0.4, -0.2) is 21.7 Å². The molecule has 0 aliphatic rings. The van der Waals surface area contributed by atoms with Gasteiger partial charge in [0.15, 0.2) is 5.69 Å². The summed E-state index contributed by atoms with van der Waals surface area (Å²) in [6.45, 7) is 0. The number of rotatable bonds is 4. The third-order valence-electron chi connectivity index (χ3n) is 3.60. The number of aromatic nitrogens is 2. The number of carboxylic acid groups (broad SMARTS) is 1. The highest BCUT2D eigenvalue weighted by atomic mass is 35.5. The van der Waals surface area contributed by atoms with Crippen molar-refractivity contribution in [3.8, 4) is 0 Å². The van der Waals surface area contributed by atoms with Crippen molar-refractivity contribution in [1.82, 2.24) is 9.78 Å². The normalized spacial score (nSPS) is 10.8. The van der Waals surface area contributed by atoms with Crippen molar-refractivity contribution in [1.29, 1.82) is 0 Å². The lowest BCUT2D eigenvalue weighted by atomic mass is 10.1. The number of aliphatic carboxylic acids is 1. The lowest BCUT2D eigenvalue weighted by Crippen LogP contribution is -2.24. The van der Waals surface area contributed by atoms with E-state index in [1.165, 1.54) is 6.07 Å². The first-order chi connectivity index (χ1) is 11.5. The summed E-state index contributed by atoms with van der Waals surface area (Å²) in [5, 5.41) is 18.6. The quantitative estimate of drug-likeness (QED) is 0.782. The lowest BCUT2D eigenvalue weighted by Gasteiger charge is -2.09. The van der Waals surface area contributed by atoms with E-state index in [2.05, 4.69) is 10.4 Å². The lowest BCUT2D eigenvalue weighted by molar-refractivity contribution is -0.304. The monoisotopic (exact) mass is 342 g/mol. The predicted molar refractivity (Wildman–Crippen MR) is 88.8 cm³/mol. The second-order valence-corrected chi connectivity index (χ2v) is 5.71. The number of carbonyl (C=O) groups is 2. The van der Waals surface area contributed by atoms with Crippen LogP contribution in [0.3, 0.4) is 0 Å². The summed E-state index contributed by atoms with van der Waals surface area (Å²) in [5.41, 5.74) is 2.03. The fraction of sp³-hybridized carbons (Fsp3) is 0.118. The van der Waals surface area contributed by atoms with Crippen molar-refractivity contribution >= 4 is 40.1 Å². The number of amides is 1. The maximum absolute atomic E-state index is 12.5. The maximum Gasteiger partial charge on any atom is 0.276 e. The number of nitrogens with one attached hydrogen (secondary N) is 1. The average molecular weight is 343 g/mol. The summed E-state index contributed by atoms with van der Waals surface area (Å²) in [4.78, 5) is 23.1. The number of aryl methyl sites for hydroxylation is 1. The summed E-state index contributed by atoms with van der Waals surface area (Å²) >= 11 is 6.11. The van der Waals surface area contributed by atoms with Crippen molar-refractivity contribution < 1.29 is 14.7 Å². The van der Waals surface area contributed by atoms with Crippen molar-refractivity contribution in [2.24, 2.45) is 7.05 Å². The number of fused-ring (bicyclic) bond motifs is 1. The molecular weight excluding hydrogens is 330 g/mol. The molecule has 24 heavy (non-hydrogen) atoms. The van der Waals surface area contributed by atoms with E-state index in [4.69, 9.17) is 11.6 Å². The van der Waals surface area contributed by atoms with Gasteiger partial charge in [-0.3, -0.25) is 9.48 Å². The van der Waals surface area contributed by atoms with Crippen LogP contribution in [0.25, 0.3) is 10.9 Å². The molecule has 1 aromatic heterocycles. The summed E-state index contributed by atoms with van der Waals surface area (Å²) in [6, 6.07) is 12.0. The molecule has 0 atom stereocenters. The van der Waals surface area contributed by atoms with Gasteiger partial charge in [-0.1, -0.05) is 35.9 Å². The number of benzene rings is 2. The Morgan fingerprint density at radius 1 is 1.25 bits per heavy atom. The zero-order valence-electron chi connectivity index (χ0n) is 12.7. The van der Waals surface area contributed by atoms with Crippen LogP contribution >= 0.6 is 11.6 Å². The second-order valence-electron chi connectivity index (χ2n) is 5.31. The zero-order chi connectivity index (χ0) is 17.3. The fourth-order valence-electron chi connectivity index (χ4n) is 2.50. The van der Waals surface area contributed by atoms with Crippen LogP contribution in [-0.2, 0) is 18.3 Å². The number of halogens is 1. The Morgan fingerprint density at radius 3 is 2.71 bits per heavy atom. The topological polar surface area (TPSA) is 87.0 Å².